The van der Waals surface area contributed by atoms with E-state index in [0.29, 0.717) is 25.4 Å². The molecule has 0 aliphatic heterocycles. The summed E-state index contributed by atoms with van der Waals surface area (Å²) >= 11 is 0. The third-order valence-electron chi connectivity index (χ3n) is 2.50. The Labute approximate surface area is 98.8 Å². The first-order chi connectivity index (χ1) is 7.43. The van der Waals surface area contributed by atoms with Crippen LogP contribution >= 0.6 is 0 Å². The monoisotopic (exact) mass is 230 g/mol. The molecule has 0 aromatic carbocycles. The molecule has 0 bridgehead atoms. The Balaban J connectivity index is 3.44. The van der Waals surface area contributed by atoms with Crippen LogP contribution in [0.4, 0.5) is 4.79 Å². The molecule has 3 N–H and O–H groups in total. The molecule has 1 atom stereocenters. The van der Waals surface area contributed by atoms with Crippen LogP contribution in [-0.4, -0.2) is 30.3 Å². The molecule has 4 heteroatoms. The number of amides is 2. The standard InChI is InChI=1S/C12H26N2O2/c1-9(2)5-7-13-12(16)14-8-6-11(15)10(3)4/h9-11,15H,5-8H2,1-4H3,(H2,13,14,16). The predicted molar refractivity (Wildman–Crippen MR) is 66.3 cm³/mol. The molecule has 2 amide bonds. The van der Waals surface area contributed by atoms with Crippen LogP contribution in [0.1, 0.15) is 40.5 Å². The Morgan fingerprint density at radius 1 is 1.06 bits per heavy atom. The van der Waals surface area contributed by atoms with Gasteiger partial charge in [-0.3, -0.25) is 0 Å². The summed E-state index contributed by atoms with van der Waals surface area (Å²) in [6, 6.07) is -0.142. The van der Waals surface area contributed by atoms with Gasteiger partial charge in [0.05, 0.1) is 6.10 Å². The van der Waals surface area contributed by atoms with Crippen molar-refractivity contribution in [1.82, 2.24) is 10.6 Å². The van der Waals surface area contributed by atoms with E-state index in [-0.39, 0.29) is 18.1 Å². The van der Waals surface area contributed by atoms with Crippen molar-refractivity contribution in [2.45, 2.75) is 46.6 Å². The molecule has 0 saturated heterocycles. The minimum atomic E-state index is -0.337. The van der Waals surface area contributed by atoms with Crippen LogP contribution < -0.4 is 10.6 Å². The molecule has 0 heterocycles. The molecule has 0 aromatic heterocycles. The fraction of sp³-hybridized carbons (Fsp3) is 0.917. The van der Waals surface area contributed by atoms with E-state index in [4.69, 9.17) is 0 Å². The molecule has 4 nitrogen and oxygen atoms in total. The SMILES string of the molecule is CC(C)CCNC(=O)NCCC(O)C(C)C. The Bertz CT molecular complexity index is 193. The van der Waals surface area contributed by atoms with Gasteiger partial charge in [0.25, 0.3) is 0 Å². The second kappa shape index (κ2) is 8.39. The highest BCUT2D eigenvalue weighted by atomic mass is 16.3. The Kier molecular flexibility index (Phi) is 7.99. The molecule has 0 spiro atoms. The van der Waals surface area contributed by atoms with E-state index < -0.39 is 0 Å². The van der Waals surface area contributed by atoms with Gasteiger partial charge in [0, 0.05) is 13.1 Å². The molecular weight excluding hydrogens is 204 g/mol. The zero-order valence-corrected chi connectivity index (χ0v) is 10.9. The molecule has 16 heavy (non-hydrogen) atoms. The van der Waals surface area contributed by atoms with Gasteiger partial charge < -0.3 is 15.7 Å². The summed E-state index contributed by atoms with van der Waals surface area (Å²) in [6.07, 6.45) is 1.26. The molecule has 0 aliphatic carbocycles. The van der Waals surface area contributed by atoms with Gasteiger partial charge in [-0.1, -0.05) is 27.7 Å². The topological polar surface area (TPSA) is 61.4 Å². The first kappa shape index (κ1) is 15.2. The van der Waals surface area contributed by atoms with E-state index in [1.165, 1.54) is 0 Å². The fourth-order valence-corrected chi connectivity index (χ4v) is 1.20. The van der Waals surface area contributed by atoms with Gasteiger partial charge in [0.1, 0.15) is 0 Å². The Morgan fingerprint density at radius 3 is 2.00 bits per heavy atom. The first-order valence-corrected chi connectivity index (χ1v) is 6.13. The second-order valence-electron chi connectivity index (χ2n) is 4.97. The van der Waals surface area contributed by atoms with Crippen molar-refractivity contribution < 1.29 is 9.90 Å². The van der Waals surface area contributed by atoms with Gasteiger partial charge in [-0.15, -0.1) is 0 Å². The largest absolute Gasteiger partial charge is 0.393 e. The molecule has 0 fully saturated rings. The lowest BCUT2D eigenvalue weighted by Crippen LogP contribution is -2.38. The maximum atomic E-state index is 11.3. The van der Waals surface area contributed by atoms with Crippen molar-refractivity contribution in [3.05, 3.63) is 0 Å². The zero-order valence-electron chi connectivity index (χ0n) is 10.9. The quantitative estimate of drug-likeness (QED) is 0.624. The highest BCUT2D eigenvalue weighted by Crippen LogP contribution is 2.03. The minimum absolute atomic E-state index is 0.142. The number of nitrogens with one attached hydrogen (secondary N) is 2. The van der Waals surface area contributed by atoms with Crippen LogP contribution in [-0.2, 0) is 0 Å². The molecule has 0 radical (unpaired) electrons. The van der Waals surface area contributed by atoms with Gasteiger partial charge in [0.2, 0.25) is 0 Å². The van der Waals surface area contributed by atoms with Crippen molar-refractivity contribution in [2.24, 2.45) is 11.8 Å². The lowest BCUT2D eigenvalue weighted by atomic mass is 10.0. The van der Waals surface area contributed by atoms with Crippen LogP contribution in [0.5, 0.6) is 0 Å². The maximum absolute atomic E-state index is 11.3. The number of hydrogen-bond donors (Lipinski definition) is 3. The van der Waals surface area contributed by atoms with Crippen LogP contribution in [0.15, 0.2) is 0 Å². The summed E-state index contributed by atoms with van der Waals surface area (Å²) < 4.78 is 0. The number of aliphatic hydroxyl groups excluding tert-OH is 1. The Hall–Kier alpha value is -0.770. The Morgan fingerprint density at radius 2 is 1.56 bits per heavy atom. The fourth-order valence-electron chi connectivity index (χ4n) is 1.20. The molecule has 0 aromatic rings. The van der Waals surface area contributed by atoms with E-state index in [2.05, 4.69) is 24.5 Å². The molecule has 0 aliphatic rings. The average Bonchev–Trinajstić information content (AvgIpc) is 2.16. The van der Waals surface area contributed by atoms with Crippen molar-refractivity contribution >= 4 is 6.03 Å². The molecule has 0 rings (SSSR count). The van der Waals surface area contributed by atoms with Gasteiger partial charge in [-0.25, -0.2) is 4.79 Å². The van der Waals surface area contributed by atoms with Crippen LogP contribution in [0.2, 0.25) is 0 Å². The van der Waals surface area contributed by atoms with E-state index in [0.717, 1.165) is 6.42 Å². The number of hydrogen-bond acceptors (Lipinski definition) is 2. The molecule has 0 saturated carbocycles. The summed E-state index contributed by atoms with van der Waals surface area (Å²) in [4.78, 5) is 11.3. The third-order valence-corrected chi connectivity index (χ3v) is 2.50. The summed E-state index contributed by atoms with van der Waals surface area (Å²) in [5, 5.41) is 15.0. The zero-order chi connectivity index (χ0) is 12.6. The first-order valence-electron chi connectivity index (χ1n) is 6.13. The third kappa shape index (κ3) is 8.53. The maximum Gasteiger partial charge on any atom is 0.314 e. The van der Waals surface area contributed by atoms with E-state index in [9.17, 15) is 9.90 Å². The number of carbonyl (C=O) groups excluding carboxylic acids is 1. The minimum Gasteiger partial charge on any atom is -0.393 e. The average molecular weight is 230 g/mol. The second-order valence-corrected chi connectivity index (χ2v) is 4.97. The van der Waals surface area contributed by atoms with Crippen molar-refractivity contribution in [1.29, 1.82) is 0 Å². The number of urea groups is 1. The number of rotatable bonds is 7. The molecule has 1 unspecified atom stereocenters. The number of carbonyl (C=O) groups is 1. The summed E-state index contributed by atoms with van der Waals surface area (Å²) in [6.45, 7) is 9.40. The van der Waals surface area contributed by atoms with Crippen LogP contribution in [0.25, 0.3) is 0 Å². The van der Waals surface area contributed by atoms with Crippen molar-refractivity contribution in [3.63, 3.8) is 0 Å². The van der Waals surface area contributed by atoms with Gasteiger partial charge in [-0.2, -0.15) is 0 Å². The van der Waals surface area contributed by atoms with Gasteiger partial charge >= 0.3 is 6.03 Å². The normalized spacial score (nSPS) is 12.9. The van der Waals surface area contributed by atoms with Crippen molar-refractivity contribution in [2.75, 3.05) is 13.1 Å². The highest BCUT2D eigenvalue weighted by Gasteiger charge is 2.09. The summed E-state index contributed by atoms with van der Waals surface area (Å²) in [5.41, 5.74) is 0. The lowest BCUT2D eigenvalue weighted by Gasteiger charge is -2.14. The summed E-state index contributed by atoms with van der Waals surface area (Å²) in [5.74, 6) is 0.842. The highest BCUT2D eigenvalue weighted by molar-refractivity contribution is 5.73. The number of aliphatic hydroxyl groups is 1. The molecule has 96 valence electrons. The van der Waals surface area contributed by atoms with Crippen LogP contribution in [0.3, 0.4) is 0 Å². The van der Waals surface area contributed by atoms with Crippen molar-refractivity contribution in [3.8, 4) is 0 Å². The van der Waals surface area contributed by atoms with Gasteiger partial charge in [0.15, 0.2) is 0 Å². The summed E-state index contributed by atoms with van der Waals surface area (Å²) in [7, 11) is 0. The van der Waals surface area contributed by atoms with Gasteiger partial charge in [-0.05, 0) is 24.7 Å². The van der Waals surface area contributed by atoms with E-state index in [1.807, 2.05) is 13.8 Å². The molecular formula is C12H26N2O2. The van der Waals surface area contributed by atoms with Crippen LogP contribution in [0, 0.1) is 11.8 Å². The smallest absolute Gasteiger partial charge is 0.314 e. The van der Waals surface area contributed by atoms with E-state index in [1.54, 1.807) is 0 Å². The lowest BCUT2D eigenvalue weighted by molar-refractivity contribution is 0.116. The van der Waals surface area contributed by atoms with E-state index >= 15 is 0 Å². The predicted octanol–water partition coefficient (Wildman–Crippen LogP) is 1.74.